The van der Waals surface area contributed by atoms with Crippen molar-refractivity contribution >= 4 is 5.97 Å². The molecule has 0 radical (unpaired) electrons. The van der Waals surface area contributed by atoms with E-state index in [1.807, 2.05) is 0 Å². The van der Waals surface area contributed by atoms with Crippen molar-refractivity contribution in [3.63, 3.8) is 0 Å². The number of hydrogen-bond acceptors (Lipinski definition) is 4. The van der Waals surface area contributed by atoms with Crippen LogP contribution in [0.5, 0.6) is 0 Å². The fraction of sp³-hybridized carbons (Fsp3) is 0.273. The molecule has 2 rings (SSSR count). The Kier molecular flexibility index (Phi) is 2.74. The third kappa shape index (κ3) is 2.02. The zero-order valence-electron chi connectivity index (χ0n) is 9.91. The Morgan fingerprint density at radius 3 is 2.78 bits per heavy atom. The van der Waals surface area contributed by atoms with E-state index in [2.05, 4.69) is 15.1 Å². The molecule has 0 atom stereocenters. The predicted octanol–water partition coefficient (Wildman–Crippen LogP) is 0.448. The van der Waals surface area contributed by atoms with Crippen LogP contribution in [0.15, 0.2) is 29.3 Å². The maximum Gasteiger partial charge on any atom is 0.354 e. The van der Waals surface area contributed by atoms with Gasteiger partial charge in [0.15, 0.2) is 5.69 Å². The SMILES string of the molecule is CC(C)(c1nc(C(=O)O)cc(=O)[nH]1)n1cccn1. The maximum absolute atomic E-state index is 11.4. The minimum absolute atomic E-state index is 0.246. The van der Waals surface area contributed by atoms with Crippen LogP contribution < -0.4 is 5.56 Å². The lowest BCUT2D eigenvalue weighted by Crippen LogP contribution is -2.33. The number of carbonyl (C=O) groups is 1. The number of H-pyrrole nitrogens is 1. The lowest BCUT2D eigenvalue weighted by molar-refractivity contribution is 0.0689. The van der Waals surface area contributed by atoms with Gasteiger partial charge in [0.05, 0.1) is 0 Å². The number of carboxylic acid groups (broad SMARTS) is 1. The van der Waals surface area contributed by atoms with E-state index in [9.17, 15) is 9.59 Å². The number of nitrogens with one attached hydrogen (secondary N) is 1. The van der Waals surface area contributed by atoms with Crippen LogP contribution in [0.1, 0.15) is 30.2 Å². The number of rotatable bonds is 3. The van der Waals surface area contributed by atoms with Gasteiger partial charge in [-0.1, -0.05) is 0 Å². The molecule has 0 amide bonds. The molecule has 0 saturated heterocycles. The third-order valence-corrected chi connectivity index (χ3v) is 2.62. The number of aromatic carboxylic acids is 1. The molecule has 2 heterocycles. The van der Waals surface area contributed by atoms with Crippen LogP contribution in [0.3, 0.4) is 0 Å². The summed E-state index contributed by atoms with van der Waals surface area (Å²) in [6.45, 7) is 3.56. The minimum Gasteiger partial charge on any atom is -0.477 e. The maximum atomic E-state index is 11.4. The standard InChI is InChI=1S/C11H12N4O3/c1-11(2,15-5-3-4-12-15)10-13-7(9(17)18)6-8(16)14-10/h3-6H,1-2H3,(H,17,18)(H,13,14,16). The summed E-state index contributed by atoms with van der Waals surface area (Å²) in [5.41, 5.74) is -1.53. The molecule has 0 unspecified atom stereocenters. The van der Waals surface area contributed by atoms with Crippen LogP contribution in [0, 0.1) is 0 Å². The van der Waals surface area contributed by atoms with E-state index in [4.69, 9.17) is 5.11 Å². The summed E-state index contributed by atoms with van der Waals surface area (Å²) >= 11 is 0. The normalized spacial score (nSPS) is 11.4. The molecule has 0 aliphatic carbocycles. The highest BCUT2D eigenvalue weighted by molar-refractivity contribution is 5.85. The Bertz CT molecular complexity index is 628. The van der Waals surface area contributed by atoms with Crippen molar-refractivity contribution in [1.29, 1.82) is 0 Å². The average molecular weight is 248 g/mol. The topological polar surface area (TPSA) is 101 Å². The fourth-order valence-corrected chi connectivity index (χ4v) is 1.56. The molecule has 2 aromatic heterocycles. The largest absolute Gasteiger partial charge is 0.477 e. The summed E-state index contributed by atoms with van der Waals surface area (Å²) < 4.78 is 1.59. The molecule has 7 nitrogen and oxygen atoms in total. The summed E-state index contributed by atoms with van der Waals surface area (Å²) in [7, 11) is 0. The van der Waals surface area contributed by atoms with Crippen molar-refractivity contribution in [2.45, 2.75) is 19.4 Å². The Labute approximate surface area is 102 Å². The van der Waals surface area contributed by atoms with E-state index in [1.54, 1.807) is 37.0 Å². The molecule has 0 aromatic carbocycles. The summed E-state index contributed by atoms with van der Waals surface area (Å²) in [5, 5.41) is 13.0. The number of hydrogen-bond donors (Lipinski definition) is 2. The molecule has 18 heavy (non-hydrogen) atoms. The van der Waals surface area contributed by atoms with E-state index in [1.165, 1.54) is 0 Å². The monoisotopic (exact) mass is 248 g/mol. The van der Waals surface area contributed by atoms with Crippen molar-refractivity contribution in [3.8, 4) is 0 Å². The van der Waals surface area contributed by atoms with E-state index in [-0.39, 0.29) is 11.5 Å². The van der Waals surface area contributed by atoms with Crippen molar-refractivity contribution in [2.75, 3.05) is 0 Å². The van der Waals surface area contributed by atoms with Gasteiger partial charge in [-0.05, 0) is 19.9 Å². The Morgan fingerprint density at radius 2 is 2.22 bits per heavy atom. The van der Waals surface area contributed by atoms with E-state index in [0.717, 1.165) is 6.07 Å². The molecular weight excluding hydrogens is 236 g/mol. The summed E-state index contributed by atoms with van der Waals surface area (Å²) in [6.07, 6.45) is 3.31. The van der Waals surface area contributed by atoms with Gasteiger partial charge in [-0.2, -0.15) is 5.10 Å². The fourth-order valence-electron chi connectivity index (χ4n) is 1.56. The van der Waals surface area contributed by atoms with Crippen molar-refractivity contribution in [1.82, 2.24) is 19.7 Å². The number of nitrogens with zero attached hydrogens (tertiary/aromatic N) is 3. The van der Waals surface area contributed by atoms with Crippen LogP contribution in [0.4, 0.5) is 0 Å². The van der Waals surface area contributed by atoms with Crippen LogP contribution in [-0.2, 0) is 5.54 Å². The highest BCUT2D eigenvalue weighted by atomic mass is 16.4. The molecule has 0 spiro atoms. The number of aromatic amines is 1. The van der Waals surface area contributed by atoms with Gasteiger partial charge in [0.1, 0.15) is 11.4 Å². The molecule has 0 aliphatic rings. The lowest BCUT2D eigenvalue weighted by atomic mass is 10.1. The van der Waals surface area contributed by atoms with Crippen molar-refractivity contribution in [2.24, 2.45) is 0 Å². The van der Waals surface area contributed by atoms with E-state index >= 15 is 0 Å². The van der Waals surface area contributed by atoms with E-state index in [0.29, 0.717) is 0 Å². The van der Waals surface area contributed by atoms with Crippen LogP contribution in [-0.4, -0.2) is 30.8 Å². The van der Waals surface area contributed by atoms with Gasteiger partial charge >= 0.3 is 5.97 Å². The van der Waals surface area contributed by atoms with Crippen LogP contribution in [0.25, 0.3) is 0 Å². The first kappa shape index (κ1) is 12.0. The van der Waals surface area contributed by atoms with Crippen LogP contribution >= 0.6 is 0 Å². The number of aromatic nitrogens is 4. The average Bonchev–Trinajstić information content (AvgIpc) is 2.82. The van der Waals surface area contributed by atoms with Gasteiger partial charge in [0.25, 0.3) is 5.56 Å². The second kappa shape index (κ2) is 4.10. The second-order valence-electron chi connectivity index (χ2n) is 4.29. The van der Waals surface area contributed by atoms with Crippen LogP contribution in [0.2, 0.25) is 0 Å². The minimum atomic E-state index is -1.24. The molecule has 0 saturated carbocycles. The van der Waals surface area contributed by atoms with Gasteiger partial charge in [0.2, 0.25) is 0 Å². The summed E-state index contributed by atoms with van der Waals surface area (Å²) in [5.74, 6) is -0.991. The first-order chi connectivity index (χ1) is 8.41. The van der Waals surface area contributed by atoms with Crippen molar-refractivity contribution in [3.05, 3.63) is 46.4 Å². The molecule has 94 valence electrons. The molecule has 7 heteroatoms. The third-order valence-electron chi connectivity index (χ3n) is 2.62. The summed E-state index contributed by atoms with van der Waals surface area (Å²) in [6, 6.07) is 2.69. The van der Waals surface area contributed by atoms with Gasteiger partial charge in [-0.25, -0.2) is 9.78 Å². The molecule has 2 N–H and O–H groups in total. The predicted molar refractivity (Wildman–Crippen MR) is 62.5 cm³/mol. The molecule has 2 aromatic rings. The van der Waals surface area contributed by atoms with Gasteiger partial charge in [0, 0.05) is 18.5 Å². The van der Waals surface area contributed by atoms with E-state index < -0.39 is 17.1 Å². The van der Waals surface area contributed by atoms with Gasteiger partial charge in [-0.15, -0.1) is 0 Å². The van der Waals surface area contributed by atoms with Gasteiger partial charge in [-0.3, -0.25) is 9.48 Å². The lowest BCUT2D eigenvalue weighted by Gasteiger charge is -2.24. The van der Waals surface area contributed by atoms with Crippen molar-refractivity contribution < 1.29 is 9.90 Å². The number of carboxylic acids is 1. The zero-order chi connectivity index (χ0) is 13.3. The molecule has 0 aliphatic heterocycles. The quantitative estimate of drug-likeness (QED) is 0.821. The first-order valence-electron chi connectivity index (χ1n) is 5.26. The van der Waals surface area contributed by atoms with Gasteiger partial charge < -0.3 is 10.1 Å². The second-order valence-corrected chi connectivity index (χ2v) is 4.29. The first-order valence-corrected chi connectivity index (χ1v) is 5.26. The summed E-state index contributed by atoms with van der Waals surface area (Å²) in [4.78, 5) is 28.8. The molecular formula is C11H12N4O3. The Morgan fingerprint density at radius 1 is 1.50 bits per heavy atom. The molecule has 0 bridgehead atoms. The molecule has 0 fully saturated rings. The Hall–Kier alpha value is -2.44. The smallest absolute Gasteiger partial charge is 0.354 e. The Balaban J connectivity index is 2.58. The highest BCUT2D eigenvalue weighted by Crippen LogP contribution is 2.20. The zero-order valence-corrected chi connectivity index (χ0v) is 9.91. The highest BCUT2D eigenvalue weighted by Gasteiger charge is 2.27.